The molecular weight excluding hydrogens is 322 g/mol. The molecule has 1 amide bonds. The van der Waals surface area contributed by atoms with Crippen molar-refractivity contribution in [3.05, 3.63) is 71.8 Å². The third-order valence-electron chi connectivity index (χ3n) is 3.58. The highest BCUT2D eigenvalue weighted by Crippen LogP contribution is 2.28. The monoisotopic (exact) mass is 345 g/mol. The maximum absolute atomic E-state index is 12.4. The molecule has 24 heavy (non-hydrogen) atoms. The lowest BCUT2D eigenvalue weighted by Gasteiger charge is -2.16. The first-order chi connectivity index (χ1) is 11.7. The fourth-order valence-electron chi connectivity index (χ4n) is 2.49. The molecule has 1 saturated heterocycles. The first-order valence-electron chi connectivity index (χ1n) is 8.01. The fourth-order valence-corrected chi connectivity index (χ4v) is 3.85. The van der Waals surface area contributed by atoms with Crippen LogP contribution in [0, 0.1) is 0 Å². The standard InChI is InChI=1S/C15H15NO2S.C4H8O/c16-14(17)11-19(18)15(12-7-3-1-4-8-12)13-9-5-2-6-10-13;1-2-4-5-3-1/h1-10,15H,11H2,(H2,16,17);1-4H2. The minimum atomic E-state index is -1.36. The van der Waals surface area contributed by atoms with Gasteiger partial charge < -0.3 is 10.5 Å². The second-order valence-electron chi connectivity index (χ2n) is 5.51. The highest BCUT2D eigenvalue weighted by molar-refractivity contribution is 7.86. The van der Waals surface area contributed by atoms with Gasteiger partial charge in [-0.2, -0.15) is 0 Å². The molecule has 1 atom stereocenters. The van der Waals surface area contributed by atoms with Crippen LogP contribution in [0.25, 0.3) is 0 Å². The van der Waals surface area contributed by atoms with Crippen molar-refractivity contribution < 1.29 is 13.7 Å². The number of nitrogens with two attached hydrogens (primary N) is 1. The predicted octanol–water partition coefficient (Wildman–Crippen LogP) is 2.81. The second kappa shape index (κ2) is 10.0. The molecule has 0 aromatic heterocycles. The van der Waals surface area contributed by atoms with E-state index in [9.17, 15) is 9.00 Å². The van der Waals surface area contributed by atoms with Gasteiger partial charge in [0.05, 0.1) is 5.25 Å². The van der Waals surface area contributed by atoms with Gasteiger partial charge in [0.2, 0.25) is 5.91 Å². The largest absolute Gasteiger partial charge is 0.381 e. The molecule has 0 spiro atoms. The first kappa shape index (κ1) is 18.4. The third kappa shape index (κ3) is 5.91. The van der Waals surface area contributed by atoms with Gasteiger partial charge in [-0.05, 0) is 24.0 Å². The van der Waals surface area contributed by atoms with Crippen LogP contribution in [0.4, 0.5) is 0 Å². The van der Waals surface area contributed by atoms with E-state index in [-0.39, 0.29) is 11.0 Å². The van der Waals surface area contributed by atoms with Crippen LogP contribution in [0.5, 0.6) is 0 Å². The Hall–Kier alpha value is -1.98. The molecule has 0 aliphatic carbocycles. The van der Waals surface area contributed by atoms with Crippen molar-refractivity contribution >= 4 is 16.7 Å². The number of amides is 1. The maximum atomic E-state index is 12.4. The van der Waals surface area contributed by atoms with Crippen molar-refractivity contribution in [2.75, 3.05) is 19.0 Å². The molecule has 2 N–H and O–H groups in total. The van der Waals surface area contributed by atoms with Gasteiger partial charge in [-0.25, -0.2) is 0 Å². The number of ether oxygens (including phenoxy) is 1. The summed E-state index contributed by atoms with van der Waals surface area (Å²) < 4.78 is 17.3. The number of hydrogen-bond donors (Lipinski definition) is 1. The van der Waals surface area contributed by atoms with Gasteiger partial charge in [-0.1, -0.05) is 60.7 Å². The predicted molar refractivity (Wildman–Crippen MR) is 97.0 cm³/mol. The summed E-state index contributed by atoms with van der Waals surface area (Å²) in [7, 11) is -1.36. The van der Waals surface area contributed by atoms with Gasteiger partial charge in [0.25, 0.3) is 0 Å². The summed E-state index contributed by atoms with van der Waals surface area (Å²) in [5, 5.41) is -0.324. The number of hydrogen-bond acceptors (Lipinski definition) is 3. The quantitative estimate of drug-likeness (QED) is 0.906. The summed E-state index contributed by atoms with van der Waals surface area (Å²) in [6.07, 6.45) is 2.56. The third-order valence-corrected chi connectivity index (χ3v) is 5.22. The molecule has 5 heteroatoms. The van der Waals surface area contributed by atoms with Crippen LogP contribution < -0.4 is 5.73 Å². The highest BCUT2D eigenvalue weighted by Gasteiger charge is 2.22. The summed E-state index contributed by atoms with van der Waals surface area (Å²) in [6.45, 7) is 2.00. The second-order valence-corrected chi connectivity index (χ2v) is 7.03. The summed E-state index contributed by atoms with van der Waals surface area (Å²) in [6, 6.07) is 19.0. The van der Waals surface area contributed by atoms with E-state index in [2.05, 4.69) is 0 Å². The van der Waals surface area contributed by atoms with E-state index in [1.165, 1.54) is 12.8 Å². The van der Waals surface area contributed by atoms with Crippen LogP contribution in [-0.4, -0.2) is 29.1 Å². The fraction of sp³-hybridized carbons (Fsp3) is 0.316. The van der Waals surface area contributed by atoms with Crippen molar-refractivity contribution in [3.8, 4) is 0 Å². The molecular formula is C19H23NO3S. The van der Waals surface area contributed by atoms with E-state index in [1.807, 2.05) is 60.7 Å². The van der Waals surface area contributed by atoms with Gasteiger partial charge >= 0.3 is 0 Å². The number of carbonyl (C=O) groups is 1. The van der Waals surface area contributed by atoms with Crippen molar-refractivity contribution in [2.24, 2.45) is 5.73 Å². The lowest BCUT2D eigenvalue weighted by molar-refractivity contribution is -0.115. The van der Waals surface area contributed by atoms with Crippen molar-refractivity contribution in [1.29, 1.82) is 0 Å². The Labute approximate surface area is 145 Å². The Morgan fingerprint density at radius 1 is 0.958 bits per heavy atom. The van der Waals surface area contributed by atoms with Gasteiger partial charge in [0.15, 0.2) is 0 Å². The number of rotatable bonds is 5. The van der Waals surface area contributed by atoms with E-state index in [0.717, 1.165) is 24.3 Å². The van der Waals surface area contributed by atoms with Crippen molar-refractivity contribution in [1.82, 2.24) is 0 Å². The lowest BCUT2D eigenvalue weighted by atomic mass is 10.0. The SMILES string of the molecule is C1CCOC1.NC(=O)CS(=O)C(c1ccccc1)c1ccccc1. The Balaban J connectivity index is 0.000000355. The van der Waals surface area contributed by atoms with E-state index >= 15 is 0 Å². The number of primary amides is 1. The van der Waals surface area contributed by atoms with Crippen molar-refractivity contribution in [3.63, 3.8) is 0 Å². The van der Waals surface area contributed by atoms with Gasteiger partial charge in [-0.3, -0.25) is 9.00 Å². The van der Waals surface area contributed by atoms with Gasteiger partial charge in [-0.15, -0.1) is 0 Å². The van der Waals surface area contributed by atoms with E-state index in [4.69, 9.17) is 10.5 Å². The van der Waals surface area contributed by atoms with Gasteiger partial charge in [0.1, 0.15) is 5.75 Å². The molecule has 0 saturated carbocycles. The first-order valence-corrected chi connectivity index (χ1v) is 9.40. The summed E-state index contributed by atoms with van der Waals surface area (Å²) in [5.41, 5.74) is 7.00. The molecule has 1 heterocycles. The molecule has 4 nitrogen and oxygen atoms in total. The van der Waals surface area contributed by atoms with Crippen LogP contribution in [0.3, 0.4) is 0 Å². The molecule has 2 aromatic carbocycles. The van der Waals surface area contributed by atoms with E-state index in [1.54, 1.807) is 0 Å². The zero-order valence-electron chi connectivity index (χ0n) is 13.6. The maximum Gasteiger partial charge on any atom is 0.230 e. The topological polar surface area (TPSA) is 69.4 Å². The Morgan fingerprint density at radius 2 is 1.42 bits per heavy atom. The van der Waals surface area contributed by atoms with Crippen LogP contribution in [-0.2, 0) is 20.3 Å². The molecule has 2 aromatic rings. The minimum absolute atomic E-state index is 0.131. The Kier molecular flexibility index (Phi) is 7.65. The smallest absolute Gasteiger partial charge is 0.230 e. The molecule has 1 aliphatic heterocycles. The van der Waals surface area contributed by atoms with Crippen LogP contribution >= 0.6 is 0 Å². The Bertz CT molecular complexity index is 595. The Morgan fingerprint density at radius 3 is 1.75 bits per heavy atom. The summed E-state index contributed by atoms with van der Waals surface area (Å²) in [5.74, 6) is -0.677. The average Bonchev–Trinajstić information content (AvgIpc) is 3.16. The molecule has 1 unspecified atom stereocenters. The molecule has 1 aliphatic rings. The van der Waals surface area contributed by atoms with Gasteiger partial charge in [0, 0.05) is 24.0 Å². The number of carbonyl (C=O) groups excluding carboxylic acids is 1. The zero-order chi connectivity index (χ0) is 17.2. The highest BCUT2D eigenvalue weighted by atomic mass is 32.2. The van der Waals surface area contributed by atoms with Crippen LogP contribution in [0.15, 0.2) is 60.7 Å². The molecule has 1 fully saturated rings. The number of benzene rings is 2. The molecule has 0 bridgehead atoms. The minimum Gasteiger partial charge on any atom is -0.381 e. The van der Waals surface area contributed by atoms with Crippen molar-refractivity contribution in [2.45, 2.75) is 18.1 Å². The van der Waals surface area contributed by atoms with E-state index < -0.39 is 16.7 Å². The molecule has 0 radical (unpaired) electrons. The van der Waals surface area contributed by atoms with Crippen LogP contribution in [0.2, 0.25) is 0 Å². The van der Waals surface area contributed by atoms with Crippen LogP contribution in [0.1, 0.15) is 29.2 Å². The normalized spacial score (nSPS) is 14.7. The van der Waals surface area contributed by atoms with E-state index in [0.29, 0.717) is 0 Å². The molecule has 128 valence electrons. The zero-order valence-corrected chi connectivity index (χ0v) is 14.4. The summed E-state index contributed by atoms with van der Waals surface area (Å²) in [4.78, 5) is 11.0. The molecule has 3 rings (SSSR count). The average molecular weight is 345 g/mol. The lowest BCUT2D eigenvalue weighted by Crippen LogP contribution is -2.23. The summed E-state index contributed by atoms with van der Waals surface area (Å²) >= 11 is 0.